The van der Waals surface area contributed by atoms with Gasteiger partial charge >= 0.3 is 5.97 Å². The summed E-state index contributed by atoms with van der Waals surface area (Å²) in [6, 6.07) is 9.45. The zero-order chi connectivity index (χ0) is 23.4. The van der Waals surface area contributed by atoms with E-state index in [1.54, 1.807) is 18.3 Å². The molecule has 0 fully saturated rings. The van der Waals surface area contributed by atoms with Crippen molar-refractivity contribution in [3.05, 3.63) is 81.6 Å². The van der Waals surface area contributed by atoms with Gasteiger partial charge < -0.3 is 15.7 Å². The van der Waals surface area contributed by atoms with E-state index in [-0.39, 0.29) is 5.57 Å². The normalized spacial score (nSPS) is 17.8. The third-order valence-corrected chi connectivity index (χ3v) is 6.90. The Labute approximate surface area is 205 Å². The Hall–Kier alpha value is -2.88. The van der Waals surface area contributed by atoms with Gasteiger partial charge in [0, 0.05) is 34.1 Å². The van der Waals surface area contributed by atoms with Crippen LogP contribution >= 0.6 is 34.7 Å². The summed E-state index contributed by atoms with van der Waals surface area (Å²) >= 11 is 9.23. The van der Waals surface area contributed by atoms with E-state index in [0.29, 0.717) is 33.9 Å². The standard InChI is InChI=1S/C23H22ClN5O2S2/c1-14-11-19(28-22(26-14)33-13-15-5-3-4-6-17(15)24)27-18-12-23(2,8-7-16(18)20(30)31)29-21-25-9-10-32-21/h3-7,9-12H,8,13H2,1-2H3,(H,25,29)(H,30,31)(H,26,27,28). The molecule has 0 radical (unpaired) electrons. The molecule has 0 bridgehead atoms. The summed E-state index contributed by atoms with van der Waals surface area (Å²) in [6.45, 7) is 3.88. The van der Waals surface area contributed by atoms with E-state index in [1.165, 1.54) is 23.1 Å². The predicted molar refractivity (Wildman–Crippen MR) is 134 cm³/mol. The lowest BCUT2D eigenvalue weighted by atomic mass is 9.88. The van der Waals surface area contributed by atoms with Gasteiger partial charge in [0.25, 0.3) is 0 Å². The molecule has 1 unspecified atom stereocenters. The molecular formula is C23H22ClN5O2S2. The van der Waals surface area contributed by atoms with Crippen LogP contribution in [0.25, 0.3) is 0 Å². The molecule has 0 amide bonds. The Morgan fingerprint density at radius 3 is 2.88 bits per heavy atom. The van der Waals surface area contributed by atoms with Gasteiger partial charge in [-0.05, 0) is 38.0 Å². The predicted octanol–water partition coefficient (Wildman–Crippen LogP) is 5.77. The first kappa shape index (κ1) is 23.3. The molecule has 170 valence electrons. The van der Waals surface area contributed by atoms with Crippen LogP contribution in [0.2, 0.25) is 5.02 Å². The maximum absolute atomic E-state index is 11.9. The molecule has 3 N–H and O–H groups in total. The largest absolute Gasteiger partial charge is 0.478 e. The minimum atomic E-state index is -0.996. The summed E-state index contributed by atoms with van der Waals surface area (Å²) in [5.41, 5.74) is 1.95. The van der Waals surface area contributed by atoms with Gasteiger partial charge in [-0.1, -0.05) is 47.6 Å². The zero-order valence-corrected chi connectivity index (χ0v) is 20.4. The number of aryl methyl sites for hydroxylation is 1. The monoisotopic (exact) mass is 499 g/mol. The second kappa shape index (κ2) is 9.94. The summed E-state index contributed by atoms with van der Waals surface area (Å²) in [6.07, 6.45) is 5.84. The van der Waals surface area contributed by atoms with Crippen molar-refractivity contribution in [3.63, 3.8) is 0 Å². The maximum atomic E-state index is 11.9. The minimum absolute atomic E-state index is 0.204. The first-order valence-corrected chi connectivity index (χ1v) is 12.4. The number of aliphatic carboxylic acids is 1. The SMILES string of the molecule is Cc1cc(NC2=CC(C)(Nc3nccs3)CC=C2C(=O)O)nc(SCc2ccccc2Cl)n1. The number of nitrogens with zero attached hydrogens (tertiary/aromatic N) is 3. The van der Waals surface area contributed by atoms with Crippen LogP contribution in [0.4, 0.5) is 10.9 Å². The van der Waals surface area contributed by atoms with Crippen molar-refractivity contribution in [2.45, 2.75) is 36.7 Å². The average Bonchev–Trinajstić information content (AvgIpc) is 3.25. The average molecular weight is 500 g/mol. The molecule has 0 aliphatic heterocycles. The number of hydrogen-bond acceptors (Lipinski definition) is 8. The molecule has 10 heteroatoms. The Morgan fingerprint density at radius 2 is 2.15 bits per heavy atom. The Balaban J connectivity index is 1.56. The Morgan fingerprint density at radius 1 is 1.33 bits per heavy atom. The van der Waals surface area contributed by atoms with Gasteiger partial charge in [0.2, 0.25) is 0 Å². The molecule has 2 aromatic heterocycles. The summed E-state index contributed by atoms with van der Waals surface area (Å²) < 4.78 is 0. The van der Waals surface area contributed by atoms with Crippen molar-refractivity contribution in [3.8, 4) is 0 Å². The van der Waals surface area contributed by atoms with Crippen LogP contribution in [0.1, 0.15) is 24.6 Å². The first-order chi connectivity index (χ1) is 15.8. The van der Waals surface area contributed by atoms with E-state index in [2.05, 4.69) is 25.6 Å². The highest BCUT2D eigenvalue weighted by Gasteiger charge is 2.30. The van der Waals surface area contributed by atoms with Gasteiger partial charge in [0.15, 0.2) is 10.3 Å². The Bertz CT molecular complexity index is 1230. The molecule has 1 atom stereocenters. The Kier molecular flexibility index (Phi) is 7.02. The maximum Gasteiger partial charge on any atom is 0.337 e. The van der Waals surface area contributed by atoms with Crippen LogP contribution in [0, 0.1) is 6.92 Å². The highest BCUT2D eigenvalue weighted by molar-refractivity contribution is 7.98. The number of benzene rings is 1. The fraction of sp³-hybridized carbons (Fsp3) is 0.217. The van der Waals surface area contributed by atoms with Crippen molar-refractivity contribution in [1.29, 1.82) is 0 Å². The zero-order valence-electron chi connectivity index (χ0n) is 18.0. The van der Waals surface area contributed by atoms with E-state index in [4.69, 9.17) is 11.6 Å². The molecule has 0 spiro atoms. The first-order valence-electron chi connectivity index (χ1n) is 10.1. The van der Waals surface area contributed by atoms with Crippen LogP contribution in [-0.4, -0.2) is 31.6 Å². The summed E-state index contributed by atoms with van der Waals surface area (Å²) in [4.78, 5) is 25.3. The van der Waals surface area contributed by atoms with Gasteiger partial charge in [-0.3, -0.25) is 0 Å². The number of hydrogen-bond donors (Lipinski definition) is 3. The van der Waals surface area contributed by atoms with E-state index in [1.807, 2.05) is 49.6 Å². The number of thioether (sulfide) groups is 1. The lowest BCUT2D eigenvalue weighted by Crippen LogP contribution is -2.36. The van der Waals surface area contributed by atoms with Crippen LogP contribution in [0.5, 0.6) is 0 Å². The molecule has 7 nitrogen and oxygen atoms in total. The molecule has 0 saturated carbocycles. The van der Waals surface area contributed by atoms with Crippen molar-refractivity contribution in [1.82, 2.24) is 15.0 Å². The van der Waals surface area contributed by atoms with Crippen molar-refractivity contribution in [2.75, 3.05) is 10.6 Å². The van der Waals surface area contributed by atoms with Crippen molar-refractivity contribution >= 4 is 51.6 Å². The number of rotatable bonds is 8. The number of nitrogens with one attached hydrogen (secondary N) is 2. The molecule has 1 aliphatic carbocycles. The quantitative estimate of drug-likeness (QED) is 0.265. The number of halogens is 1. The molecule has 0 saturated heterocycles. The third kappa shape index (κ3) is 5.93. The molecule has 1 aromatic carbocycles. The van der Waals surface area contributed by atoms with Crippen LogP contribution in [0.3, 0.4) is 0 Å². The van der Waals surface area contributed by atoms with E-state index >= 15 is 0 Å². The molecule has 2 heterocycles. The van der Waals surface area contributed by atoms with Gasteiger partial charge in [0.05, 0.1) is 16.8 Å². The van der Waals surface area contributed by atoms with Gasteiger partial charge in [-0.2, -0.15) is 0 Å². The van der Waals surface area contributed by atoms with Crippen LogP contribution < -0.4 is 10.6 Å². The minimum Gasteiger partial charge on any atom is -0.478 e. The highest BCUT2D eigenvalue weighted by atomic mass is 35.5. The molecular weight excluding hydrogens is 478 g/mol. The van der Waals surface area contributed by atoms with E-state index in [0.717, 1.165) is 16.4 Å². The smallest absolute Gasteiger partial charge is 0.337 e. The molecule has 3 aromatic rings. The number of thiazole rings is 1. The number of anilines is 2. The lowest BCUT2D eigenvalue weighted by molar-refractivity contribution is -0.132. The number of aromatic nitrogens is 3. The van der Waals surface area contributed by atoms with Gasteiger partial charge in [-0.25, -0.2) is 19.7 Å². The molecule has 1 aliphatic rings. The summed E-state index contributed by atoms with van der Waals surface area (Å²) in [5.74, 6) is 0.159. The summed E-state index contributed by atoms with van der Waals surface area (Å²) in [7, 11) is 0. The van der Waals surface area contributed by atoms with Crippen LogP contribution in [-0.2, 0) is 10.5 Å². The summed E-state index contributed by atoms with van der Waals surface area (Å²) in [5, 5.41) is 20.3. The fourth-order valence-electron chi connectivity index (χ4n) is 3.37. The van der Waals surface area contributed by atoms with Crippen molar-refractivity contribution < 1.29 is 9.90 Å². The van der Waals surface area contributed by atoms with Gasteiger partial charge in [0.1, 0.15) is 5.82 Å². The van der Waals surface area contributed by atoms with E-state index in [9.17, 15) is 9.90 Å². The number of carboxylic acids is 1. The van der Waals surface area contributed by atoms with Gasteiger partial charge in [-0.15, -0.1) is 11.3 Å². The highest BCUT2D eigenvalue weighted by Crippen LogP contribution is 2.32. The second-order valence-corrected chi connectivity index (χ2v) is 9.99. The topological polar surface area (TPSA) is 100 Å². The second-order valence-electron chi connectivity index (χ2n) is 7.75. The van der Waals surface area contributed by atoms with Crippen molar-refractivity contribution in [2.24, 2.45) is 0 Å². The molecule has 33 heavy (non-hydrogen) atoms. The lowest BCUT2D eigenvalue weighted by Gasteiger charge is -2.31. The number of carboxylic acid groups (broad SMARTS) is 1. The van der Waals surface area contributed by atoms with E-state index < -0.39 is 11.5 Å². The third-order valence-electron chi connectivity index (χ3n) is 4.95. The van der Waals surface area contributed by atoms with Crippen LogP contribution in [0.15, 0.2) is 70.5 Å². The number of carbonyl (C=O) groups is 1. The molecule has 4 rings (SSSR count). The fourth-order valence-corrected chi connectivity index (χ4v) is 5.22.